The maximum absolute atomic E-state index is 10.8. The van der Waals surface area contributed by atoms with Crippen molar-refractivity contribution in [1.82, 2.24) is 0 Å². The molecule has 3 saturated carbocycles. The Hall–Kier alpha value is -0.380. The van der Waals surface area contributed by atoms with Crippen molar-refractivity contribution >= 4 is 0 Å². The molecule has 0 amide bonds. The SMILES string of the molecule is C=C1CCC2C(CCO)C(C3(C)CCC(O)CC3O)CCC12C. The maximum atomic E-state index is 10.8. The third kappa shape index (κ3) is 2.69. The van der Waals surface area contributed by atoms with E-state index in [0.29, 0.717) is 24.2 Å². The van der Waals surface area contributed by atoms with Crippen LogP contribution in [-0.4, -0.2) is 34.1 Å². The Balaban J connectivity index is 1.88. The van der Waals surface area contributed by atoms with Crippen LogP contribution in [0.25, 0.3) is 0 Å². The lowest BCUT2D eigenvalue weighted by molar-refractivity contribution is -0.122. The predicted octanol–water partition coefficient (Wildman–Crippen LogP) is 3.28. The zero-order valence-electron chi connectivity index (χ0n) is 14.8. The summed E-state index contributed by atoms with van der Waals surface area (Å²) in [4.78, 5) is 0. The van der Waals surface area contributed by atoms with Gasteiger partial charge in [0, 0.05) is 6.61 Å². The number of rotatable bonds is 3. The monoisotopic (exact) mass is 322 g/mol. The fourth-order valence-corrected chi connectivity index (χ4v) is 6.29. The molecule has 3 aliphatic rings. The summed E-state index contributed by atoms with van der Waals surface area (Å²) in [5.41, 5.74) is 1.50. The highest BCUT2D eigenvalue weighted by Gasteiger charge is 2.56. The van der Waals surface area contributed by atoms with Crippen molar-refractivity contribution < 1.29 is 15.3 Å². The van der Waals surface area contributed by atoms with E-state index in [1.807, 2.05) is 0 Å². The zero-order valence-corrected chi connectivity index (χ0v) is 14.8. The molecule has 3 N–H and O–H groups in total. The summed E-state index contributed by atoms with van der Waals surface area (Å²) in [6.45, 7) is 9.17. The molecule has 0 aromatic rings. The highest BCUT2D eigenvalue weighted by atomic mass is 16.3. The molecule has 0 bridgehead atoms. The predicted molar refractivity (Wildman–Crippen MR) is 91.9 cm³/mol. The second-order valence-electron chi connectivity index (χ2n) is 8.94. The van der Waals surface area contributed by atoms with Crippen LogP contribution in [0.2, 0.25) is 0 Å². The van der Waals surface area contributed by atoms with Crippen molar-refractivity contribution in [3.63, 3.8) is 0 Å². The summed E-state index contributed by atoms with van der Waals surface area (Å²) in [5, 5.41) is 30.3. The fraction of sp³-hybridized carbons (Fsp3) is 0.900. The van der Waals surface area contributed by atoms with E-state index in [1.165, 1.54) is 12.0 Å². The summed E-state index contributed by atoms with van der Waals surface area (Å²) in [7, 11) is 0. The lowest BCUT2D eigenvalue weighted by Crippen LogP contribution is -2.52. The molecule has 3 aliphatic carbocycles. The molecule has 0 aromatic heterocycles. The molecule has 0 radical (unpaired) electrons. The molecule has 3 fully saturated rings. The van der Waals surface area contributed by atoms with Gasteiger partial charge in [-0.05, 0) is 80.0 Å². The summed E-state index contributed by atoms with van der Waals surface area (Å²) >= 11 is 0. The van der Waals surface area contributed by atoms with Crippen LogP contribution in [-0.2, 0) is 0 Å². The van der Waals surface area contributed by atoms with Gasteiger partial charge in [-0.25, -0.2) is 0 Å². The topological polar surface area (TPSA) is 60.7 Å². The molecule has 3 nitrogen and oxygen atoms in total. The van der Waals surface area contributed by atoms with Crippen LogP contribution in [0.4, 0.5) is 0 Å². The van der Waals surface area contributed by atoms with Crippen LogP contribution in [0.5, 0.6) is 0 Å². The lowest BCUT2D eigenvalue weighted by atomic mass is 9.50. The van der Waals surface area contributed by atoms with E-state index in [1.54, 1.807) is 0 Å². The van der Waals surface area contributed by atoms with Crippen molar-refractivity contribution in [3.8, 4) is 0 Å². The van der Waals surface area contributed by atoms with Crippen molar-refractivity contribution in [2.24, 2.45) is 28.6 Å². The van der Waals surface area contributed by atoms with Crippen molar-refractivity contribution in [1.29, 1.82) is 0 Å². The second kappa shape index (κ2) is 6.16. The van der Waals surface area contributed by atoms with Crippen LogP contribution >= 0.6 is 0 Å². The van der Waals surface area contributed by atoms with Crippen LogP contribution in [0.1, 0.15) is 65.2 Å². The number of aliphatic hydroxyl groups is 3. The first-order valence-corrected chi connectivity index (χ1v) is 9.48. The molecule has 0 aromatic carbocycles. The van der Waals surface area contributed by atoms with E-state index in [0.717, 1.165) is 38.5 Å². The molecule has 3 rings (SSSR count). The quantitative estimate of drug-likeness (QED) is 0.699. The van der Waals surface area contributed by atoms with Gasteiger partial charge in [0.1, 0.15) is 0 Å². The summed E-state index contributed by atoms with van der Waals surface area (Å²) in [5.74, 6) is 1.51. The number of fused-ring (bicyclic) bond motifs is 1. The number of aliphatic hydroxyl groups excluding tert-OH is 3. The highest BCUT2D eigenvalue weighted by molar-refractivity contribution is 5.20. The van der Waals surface area contributed by atoms with Gasteiger partial charge in [0.2, 0.25) is 0 Å². The molecule has 0 spiro atoms. The maximum Gasteiger partial charge on any atom is 0.0621 e. The first-order chi connectivity index (χ1) is 10.8. The Kier molecular flexibility index (Phi) is 4.67. The zero-order chi connectivity index (χ0) is 16.8. The molecule has 7 atom stereocenters. The van der Waals surface area contributed by atoms with E-state index in [9.17, 15) is 15.3 Å². The minimum Gasteiger partial charge on any atom is -0.396 e. The normalized spacial score (nSPS) is 50.8. The van der Waals surface area contributed by atoms with Crippen LogP contribution in [0.3, 0.4) is 0 Å². The molecule has 132 valence electrons. The van der Waals surface area contributed by atoms with E-state index < -0.39 is 6.10 Å². The molecular formula is C20H34O3. The number of allylic oxidation sites excluding steroid dienone is 1. The van der Waals surface area contributed by atoms with Gasteiger partial charge in [-0.1, -0.05) is 26.0 Å². The molecule has 0 saturated heterocycles. The highest BCUT2D eigenvalue weighted by Crippen LogP contribution is 2.63. The first-order valence-electron chi connectivity index (χ1n) is 9.48. The van der Waals surface area contributed by atoms with Gasteiger partial charge in [0.25, 0.3) is 0 Å². The van der Waals surface area contributed by atoms with Crippen molar-refractivity contribution in [2.75, 3.05) is 6.61 Å². The molecule has 23 heavy (non-hydrogen) atoms. The van der Waals surface area contributed by atoms with Gasteiger partial charge >= 0.3 is 0 Å². The summed E-state index contributed by atoms with van der Waals surface area (Å²) in [6.07, 6.45) is 6.83. The van der Waals surface area contributed by atoms with Crippen molar-refractivity contribution in [2.45, 2.75) is 77.4 Å². The minimum atomic E-state index is -0.425. The third-order valence-electron chi connectivity index (χ3n) is 7.97. The van der Waals surface area contributed by atoms with E-state index >= 15 is 0 Å². The van der Waals surface area contributed by atoms with Gasteiger partial charge in [0.05, 0.1) is 12.2 Å². The average Bonchev–Trinajstić information content (AvgIpc) is 2.80. The standard InChI is InChI=1S/C20H34O3/c1-13-4-5-16-15(8-11-21)17(7-10-19(13,16)2)20(3)9-6-14(22)12-18(20)23/h14-18,21-23H,1,4-12H2,2-3H3. The number of hydrogen-bond donors (Lipinski definition) is 3. The second-order valence-corrected chi connectivity index (χ2v) is 8.94. The minimum absolute atomic E-state index is 0.121. The molecule has 7 unspecified atom stereocenters. The van der Waals surface area contributed by atoms with E-state index in [-0.39, 0.29) is 23.5 Å². The molecule has 3 heteroatoms. The Morgan fingerprint density at radius 1 is 1.09 bits per heavy atom. The van der Waals surface area contributed by atoms with Gasteiger partial charge in [-0.2, -0.15) is 0 Å². The Bertz CT molecular complexity index is 462. The smallest absolute Gasteiger partial charge is 0.0621 e. The van der Waals surface area contributed by atoms with E-state index in [2.05, 4.69) is 20.4 Å². The fourth-order valence-electron chi connectivity index (χ4n) is 6.29. The summed E-state index contributed by atoms with van der Waals surface area (Å²) in [6, 6.07) is 0. The van der Waals surface area contributed by atoms with Gasteiger partial charge in [0.15, 0.2) is 0 Å². The van der Waals surface area contributed by atoms with Crippen molar-refractivity contribution in [3.05, 3.63) is 12.2 Å². The molecule has 0 heterocycles. The lowest BCUT2D eigenvalue weighted by Gasteiger charge is -2.55. The van der Waals surface area contributed by atoms with Crippen LogP contribution in [0, 0.1) is 28.6 Å². The Morgan fingerprint density at radius 3 is 2.48 bits per heavy atom. The Labute approximate surface area is 140 Å². The number of hydrogen-bond acceptors (Lipinski definition) is 3. The first kappa shape index (κ1) is 17.4. The molecule has 0 aliphatic heterocycles. The molecular weight excluding hydrogens is 288 g/mol. The largest absolute Gasteiger partial charge is 0.396 e. The van der Waals surface area contributed by atoms with Gasteiger partial charge in [-0.3, -0.25) is 0 Å². The van der Waals surface area contributed by atoms with Gasteiger partial charge in [-0.15, -0.1) is 0 Å². The average molecular weight is 322 g/mol. The summed E-state index contributed by atoms with van der Waals surface area (Å²) < 4.78 is 0. The van der Waals surface area contributed by atoms with Gasteiger partial charge < -0.3 is 15.3 Å². The van der Waals surface area contributed by atoms with E-state index in [4.69, 9.17) is 0 Å². The Morgan fingerprint density at radius 2 is 1.83 bits per heavy atom. The van der Waals surface area contributed by atoms with Crippen LogP contribution in [0.15, 0.2) is 12.2 Å². The van der Waals surface area contributed by atoms with Crippen LogP contribution < -0.4 is 0 Å². The third-order valence-corrected chi connectivity index (χ3v) is 7.97.